The third-order valence-electron chi connectivity index (χ3n) is 3.46. The number of imidazole rings is 1. The Balaban J connectivity index is 2.91. The number of rotatable bonds is 4. The minimum atomic E-state index is -0.414. The smallest absolute Gasteiger partial charge is 0.332 e. The standard InChI is InChI=1S/C12H19N5O3/c1-7(5-13)17-11(18)9-10(16(3)12(17)19)14-8(6-20-4)15(9)2/h7H,5-6,13H2,1-4H3. The minimum absolute atomic E-state index is 0.212. The van der Waals surface area contributed by atoms with Crippen molar-refractivity contribution in [1.29, 1.82) is 0 Å². The van der Waals surface area contributed by atoms with Crippen molar-refractivity contribution in [2.24, 2.45) is 19.8 Å². The summed E-state index contributed by atoms with van der Waals surface area (Å²) in [6.45, 7) is 2.22. The largest absolute Gasteiger partial charge is 0.377 e. The van der Waals surface area contributed by atoms with Gasteiger partial charge in [0.15, 0.2) is 11.2 Å². The van der Waals surface area contributed by atoms with Crippen LogP contribution < -0.4 is 17.0 Å². The fourth-order valence-electron chi connectivity index (χ4n) is 2.21. The van der Waals surface area contributed by atoms with Crippen LogP contribution in [0.15, 0.2) is 9.59 Å². The molecule has 20 heavy (non-hydrogen) atoms. The molecule has 0 aliphatic heterocycles. The number of methoxy groups -OCH3 is 1. The molecule has 110 valence electrons. The summed E-state index contributed by atoms with van der Waals surface area (Å²) in [5.41, 5.74) is 5.52. The molecule has 0 saturated heterocycles. The summed E-state index contributed by atoms with van der Waals surface area (Å²) >= 11 is 0. The highest BCUT2D eigenvalue weighted by atomic mass is 16.5. The SMILES string of the molecule is COCc1nc2c(c(=O)n(C(C)CN)c(=O)n2C)n1C. The lowest BCUT2D eigenvalue weighted by molar-refractivity contribution is 0.175. The zero-order valence-electron chi connectivity index (χ0n) is 12.1. The van der Waals surface area contributed by atoms with E-state index in [0.29, 0.717) is 17.0 Å². The lowest BCUT2D eigenvalue weighted by atomic mass is 10.3. The fourth-order valence-corrected chi connectivity index (χ4v) is 2.21. The van der Waals surface area contributed by atoms with Crippen molar-refractivity contribution in [3.8, 4) is 0 Å². The molecule has 0 aliphatic carbocycles. The number of ether oxygens (including phenoxy) is 1. The van der Waals surface area contributed by atoms with E-state index in [1.807, 2.05) is 0 Å². The Morgan fingerprint density at radius 2 is 1.95 bits per heavy atom. The van der Waals surface area contributed by atoms with Gasteiger partial charge in [-0.3, -0.25) is 13.9 Å². The maximum atomic E-state index is 12.5. The van der Waals surface area contributed by atoms with E-state index < -0.39 is 5.69 Å². The molecular formula is C12H19N5O3. The van der Waals surface area contributed by atoms with Gasteiger partial charge in [-0.2, -0.15) is 0 Å². The molecule has 0 aliphatic rings. The number of nitrogens with two attached hydrogens (primary N) is 1. The Hall–Kier alpha value is -1.93. The number of hydrogen-bond acceptors (Lipinski definition) is 5. The van der Waals surface area contributed by atoms with Gasteiger partial charge in [-0.25, -0.2) is 9.78 Å². The van der Waals surface area contributed by atoms with Crippen molar-refractivity contribution < 1.29 is 4.74 Å². The number of nitrogens with zero attached hydrogens (tertiary/aromatic N) is 4. The summed E-state index contributed by atoms with van der Waals surface area (Å²) < 4.78 is 9.23. The van der Waals surface area contributed by atoms with E-state index in [0.717, 1.165) is 0 Å². The topological polar surface area (TPSA) is 97.1 Å². The van der Waals surface area contributed by atoms with E-state index in [4.69, 9.17) is 10.5 Å². The van der Waals surface area contributed by atoms with Crippen molar-refractivity contribution >= 4 is 11.2 Å². The van der Waals surface area contributed by atoms with Gasteiger partial charge >= 0.3 is 5.69 Å². The first-order valence-electron chi connectivity index (χ1n) is 6.29. The molecule has 2 aromatic heterocycles. The first kappa shape index (κ1) is 14.5. The second-order valence-corrected chi connectivity index (χ2v) is 4.79. The summed E-state index contributed by atoms with van der Waals surface area (Å²) in [5.74, 6) is 0.591. The lowest BCUT2D eigenvalue weighted by Crippen LogP contribution is -2.43. The molecule has 2 rings (SSSR count). The van der Waals surface area contributed by atoms with E-state index in [-0.39, 0.29) is 24.8 Å². The molecule has 8 heteroatoms. The Bertz CT molecular complexity index is 755. The predicted octanol–water partition coefficient (Wildman–Crippen LogP) is -0.900. The highest BCUT2D eigenvalue weighted by Crippen LogP contribution is 2.10. The van der Waals surface area contributed by atoms with Crippen molar-refractivity contribution in [2.45, 2.75) is 19.6 Å². The van der Waals surface area contributed by atoms with Crippen LogP contribution in [0.4, 0.5) is 0 Å². The monoisotopic (exact) mass is 281 g/mol. The summed E-state index contributed by atoms with van der Waals surface area (Å²) in [4.78, 5) is 29.1. The van der Waals surface area contributed by atoms with Crippen molar-refractivity contribution in [2.75, 3.05) is 13.7 Å². The molecule has 0 aromatic carbocycles. The van der Waals surface area contributed by atoms with Crippen LogP contribution in [0.25, 0.3) is 11.2 Å². The van der Waals surface area contributed by atoms with Gasteiger partial charge in [0.25, 0.3) is 5.56 Å². The van der Waals surface area contributed by atoms with Gasteiger partial charge in [-0.1, -0.05) is 0 Å². The van der Waals surface area contributed by atoms with Gasteiger partial charge in [-0.05, 0) is 6.92 Å². The van der Waals surface area contributed by atoms with Crippen LogP contribution in [-0.4, -0.2) is 32.3 Å². The van der Waals surface area contributed by atoms with Crippen LogP contribution in [0.1, 0.15) is 18.8 Å². The summed E-state index contributed by atoms with van der Waals surface area (Å²) in [6, 6.07) is -0.369. The summed E-state index contributed by atoms with van der Waals surface area (Å²) in [5, 5.41) is 0. The molecule has 0 saturated carbocycles. The molecule has 1 atom stereocenters. The number of aryl methyl sites for hydroxylation is 2. The van der Waals surface area contributed by atoms with Gasteiger partial charge in [0.05, 0.1) is 6.04 Å². The van der Waals surface area contributed by atoms with Crippen LogP contribution in [0.3, 0.4) is 0 Å². The van der Waals surface area contributed by atoms with Crippen LogP contribution >= 0.6 is 0 Å². The Labute approximate surface area is 115 Å². The summed E-state index contributed by atoms with van der Waals surface area (Å²) in [6.07, 6.45) is 0. The van der Waals surface area contributed by atoms with E-state index in [9.17, 15) is 9.59 Å². The predicted molar refractivity (Wildman–Crippen MR) is 74.7 cm³/mol. The molecule has 0 fully saturated rings. The fraction of sp³-hybridized carbons (Fsp3) is 0.583. The average molecular weight is 281 g/mol. The van der Waals surface area contributed by atoms with Gasteiger partial charge in [0.2, 0.25) is 0 Å². The Morgan fingerprint density at radius 1 is 1.30 bits per heavy atom. The second kappa shape index (κ2) is 5.22. The Kier molecular flexibility index (Phi) is 3.78. The number of hydrogen-bond donors (Lipinski definition) is 1. The average Bonchev–Trinajstić information content (AvgIpc) is 2.74. The zero-order valence-corrected chi connectivity index (χ0v) is 12.1. The van der Waals surface area contributed by atoms with Crippen LogP contribution in [0.5, 0.6) is 0 Å². The lowest BCUT2D eigenvalue weighted by Gasteiger charge is -2.13. The molecular weight excluding hydrogens is 262 g/mol. The summed E-state index contributed by atoms with van der Waals surface area (Å²) in [7, 11) is 4.87. The van der Waals surface area contributed by atoms with E-state index in [2.05, 4.69) is 4.98 Å². The van der Waals surface area contributed by atoms with Crippen LogP contribution in [0.2, 0.25) is 0 Å². The van der Waals surface area contributed by atoms with E-state index in [1.54, 1.807) is 32.7 Å². The van der Waals surface area contributed by atoms with Gasteiger partial charge < -0.3 is 15.0 Å². The minimum Gasteiger partial charge on any atom is -0.377 e. The molecule has 0 amide bonds. The molecule has 2 aromatic rings. The second-order valence-electron chi connectivity index (χ2n) is 4.79. The van der Waals surface area contributed by atoms with Crippen molar-refractivity contribution in [3.63, 3.8) is 0 Å². The van der Waals surface area contributed by atoms with E-state index >= 15 is 0 Å². The normalized spacial score (nSPS) is 13.1. The number of aromatic nitrogens is 4. The molecule has 0 spiro atoms. The van der Waals surface area contributed by atoms with Crippen LogP contribution in [0, 0.1) is 0 Å². The Morgan fingerprint density at radius 3 is 2.50 bits per heavy atom. The van der Waals surface area contributed by atoms with Crippen molar-refractivity contribution in [3.05, 3.63) is 26.7 Å². The van der Waals surface area contributed by atoms with Gasteiger partial charge in [-0.15, -0.1) is 0 Å². The zero-order chi connectivity index (χ0) is 15.0. The first-order valence-corrected chi connectivity index (χ1v) is 6.29. The highest BCUT2D eigenvalue weighted by molar-refractivity contribution is 5.70. The number of fused-ring (bicyclic) bond motifs is 1. The third kappa shape index (κ3) is 1.97. The van der Waals surface area contributed by atoms with Gasteiger partial charge in [0.1, 0.15) is 12.4 Å². The molecule has 8 nitrogen and oxygen atoms in total. The molecule has 0 bridgehead atoms. The maximum absolute atomic E-state index is 12.5. The van der Waals surface area contributed by atoms with Crippen molar-refractivity contribution in [1.82, 2.24) is 18.7 Å². The molecule has 1 unspecified atom stereocenters. The van der Waals surface area contributed by atoms with Gasteiger partial charge in [0, 0.05) is 27.7 Å². The molecule has 0 radical (unpaired) electrons. The highest BCUT2D eigenvalue weighted by Gasteiger charge is 2.20. The van der Waals surface area contributed by atoms with Crippen LogP contribution in [-0.2, 0) is 25.4 Å². The molecule has 2 heterocycles. The molecule has 2 N–H and O–H groups in total. The quantitative estimate of drug-likeness (QED) is 0.783. The maximum Gasteiger partial charge on any atom is 0.332 e. The van der Waals surface area contributed by atoms with E-state index in [1.165, 1.54) is 9.13 Å². The first-order chi connectivity index (χ1) is 9.43. The third-order valence-corrected chi connectivity index (χ3v) is 3.46.